The zero-order chi connectivity index (χ0) is 20.5. The number of non-ortho nitro benzene ring substituents is 1. The van der Waals surface area contributed by atoms with Crippen molar-refractivity contribution in [3.8, 4) is 0 Å². The largest absolute Gasteiger partial charge is 0.351 e. The summed E-state index contributed by atoms with van der Waals surface area (Å²) in [7, 11) is 0. The molecule has 152 valence electrons. The molecule has 1 aliphatic carbocycles. The highest BCUT2D eigenvalue weighted by molar-refractivity contribution is 7.99. The van der Waals surface area contributed by atoms with E-state index in [1.54, 1.807) is 18.2 Å². The molecule has 2 aromatic rings. The molecule has 2 aromatic carbocycles. The Balaban J connectivity index is 1.69. The molecule has 0 unspecified atom stereocenters. The van der Waals surface area contributed by atoms with Gasteiger partial charge in [0.15, 0.2) is 0 Å². The summed E-state index contributed by atoms with van der Waals surface area (Å²) >= 11 is 1.95. The highest BCUT2D eigenvalue weighted by atomic mass is 32.2. The van der Waals surface area contributed by atoms with E-state index in [4.69, 9.17) is 0 Å². The number of amides is 1. The first kappa shape index (κ1) is 21.1. The lowest BCUT2D eigenvalue weighted by atomic mass is 10.0. The minimum Gasteiger partial charge on any atom is -0.351 e. The van der Waals surface area contributed by atoms with Gasteiger partial charge in [-0.2, -0.15) is 11.8 Å². The van der Waals surface area contributed by atoms with Crippen molar-refractivity contribution in [1.29, 1.82) is 0 Å². The molecule has 5 nitrogen and oxygen atoms in total. The first-order chi connectivity index (χ1) is 14.1. The van der Waals surface area contributed by atoms with Crippen LogP contribution in [-0.2, 0) is 4.79 Å². The van der Waals surface area contributed by atoms with E-state index in [0.29, 0.717) is 17.7 Å². The lowest BCUT2D eigenvalue weighted by molar-refractivity contribution is -0.384. The standard InChI is InChI=1S/C23H26N2O3S/c26-23(24-14-15-29-21-12-5-2-6-13-21)22(19-9-3-1-4-10-19)17-18-8-7-11-20(16-18)25(27)28/h1,3-4,7-11,16-17,21H,2,5-6,12-15H2,(H,24,26)/b22-17+. The smallest absolute Gasteiger partial charge is 0.270 e. The number of carbonyl (C=O) groups is 1. The topological polar surface area (TPSA) is 72.2 Å². The summed E-state index contributed by atoms with van der Waals surface area (Å²) in [6.07, 6.45) is 8.24. The summed E-state index contributed by atoms with van der Waals surface area (Å²) in [6.45, 7) is 0.610. The third-order valence-electron chi connectivity index (χ3n) is 5.01. The fraction of sp³-hybridized carbons (Fsp3) is 0.348. The third-order valence-corrected chi connectivity index (χ3v) is 6.40. The predicted octanol–water partition coefficient (Wildman–Crippen LogP) is 5.32. The van der Waals surface area contributed by atoms with Crippen molar-refractivity contribution in [2.75, 3.05) is 12.3 Å². The Kier molecular flexibility index (Phi) is 7.87. The van der Waals surface area contributed by atoms with Gasteiger partial charge in [-0.1, -0.05) is 61.7 Å². The van der Waals surface area contributed by atoms with E-state index in [9.17, 15) is 14.9 Å². The van der Waals surface area contributed by atoms with Crippen molar-refractivity contribution in [2.45, 2.75) is 37.4 Å². The zero-order valence-electron chi connectivity index (χ0n) is 16.4. The number of hydrogen-bond acceptors (Lipinski definition) is 4. The number of carbonyl (C=O) groups excluding carboxylic acids is 1. The first-order valence-corrected chi connectivity index (χ1v) is 11.1. The van der Waals surface area contributed by atoms with Crippen LogP contribution >= 0.6 is 11.8 Å². The third kappa shape index (κ3) is 6.46. The lowest BCUT2D eigenvalue weighted by Gasteiger charge is -2.21. The molecular weight excluding hydrogens is 384 g/mol. The molecule has 1 aliphatic rings. The molecule has 0 aliphatic heterocycles. The van der Waals surface area contributed by atoms with Crippen molar-refractivity contribution in [2.24, 2.45) is 0 Å². The molecule has 29 heavy (non-hydrogen) atoms. The number of rotatable bonds is 8. The average Bonchev–Trinajstić information content (AvgIpc) is 2.76. The van der Waals surface area contributed by atoms with Crippen LogP contribution < -0.4 is 5.32 Å². The van der Waals surface area contributed by atoms with Crippen LogP contribution in [0.4, 0.5) is 5.69 Å². The Morgan fingerprint density at radius 2 is 1.86 bits per heavy atom. The Morgan fingerprint density at radius 3 is 2.59 bits per heavy atom. The second kappa shape index (κ2) is 10.8. The molecule has 1 fully saturated rings. The summed E-state index contributed by atoms with van der Waals surface area (Å²) in [5.74, 6) is 0.738. The van der Waals surface area contributed by atoms with Crippen molar-refractivity contribution in [3.63, 3.8) is 0 Å². The fourth-order valence-electron chi connectivity index (χ4n) is 3.51. The predicted molar refractivity (Wildman–Crippen MR) is 120 cm³/mol. The van der Waals surface area contributed by atoms with Crippen LogP contribution in [0.3, 0.4) is 0 Å². The Morgan fingerprint density at radius 1 is 1.10 bits per heavy atom. The van der Waals surface area contributed by atoms with Crippen LogP contribution in [0.2, 0.25) is 0 Å². The summed E-state index contributed by atoms with van der Waals surface area (Å²) in [5, 5.41) is 14.8. The maximum atomic E-state index is 12.9. The van der Waals surface area contributed by atoms with Crippen molar-refractivity contribution in [3.05, 3.63) is 75.8 Å². The number of nitro benzene ring substituents is 1. The van der Waals surface area contributed by atoms with Crippen LogP contribution in [0.15, 0.2) is 54.6 Å². The summed E-state index contributed by atoms with van der Waals surface area (Å²) in [6, 6.07) is 15.7. The zero-order valence-corrected chi connectivity index (χ0v) is 17.2. The van der Waals surface area contributed by atoms with Crippen LogP contribution in [0, 0.1) is 10.1 Å². The van der Waals surface area contributed by atoms with Gasteiger partial charge in [-0.15, -0.1) is 0 Å². The van der Waals surface area contributed by atoms with E-state index in [2.05, 4.69) is 5.32 Å². The van der Waals surface area contributed by atoms with Gasteiger partial charge >= 0.3 is 0 Å². The van der Waals surface area contributed by atoms with E-state index >= 15 is 0 Å². The number of benzene rings is 2. The van der Waals surface area contributed by atoms with Gasteiger partial charge in [0.25, 0.3) is 11.6 Å². The molecule has 0 heterocycles. The normalized spacial score (nSPS) is 15.1. The molecule has 0 spiro atoms. The van der Waals surface area contributed by atoms with Crippen LogP contribution in [0.5, 0.6) is 0 Å². The van der Waals surface area contributed by atoms with Crippen molar-refractivity contribution in [1.82, 2.24) is 5.32 Å². The van der Waals surface area contributed by atoms with Gasteiger partial charge in [-0.25, -0.2) is 0 Å². The molecule has 0 aromatic heterocycles. The highest BCUT2D eigenvalue weighted by Gasteiger charge is 2.15. The molecule has 0 saturated heterocycles. The Hall–Kier alpha value is -2.60. The van der Waals surface area contributed by atoms with Gasteiger partial charge < -0.3 is 5.32 Å². The fourth-order valence-corrected chi connectivity index (χ4v) is 4.73. The average molecular weight is 411 g/mol. The minimum atomic E-state index is -0.428. The van der Waals surface area contributed by atoms with E-state index < -0.39 is 4.92 Å². The first-order valence-electron chi connectivity index (χ1n) is 10.0. The molecule has 0 atom stereocenters. The molecular formula is C23H26N2O3S. The van der Waals surface area contributed by atoms with Gasteiger partial charge in [0, 0.05) is 35.3 Å². The van der Waals surface area contributed by atoms with E-state index in [0.717, 1.165) is 16.6 Å². The minimum absolute atomic E-state index is 0.00968. The molecule has 1 N–H and O–H groups in total. The van der Waals surface area contributed by atoms with E-state index in [1.165, 1.54) is 44.2 Å². The lowest BCUT2D eigenvalue weighted by Crippen LogP contribution is -2.27. The van der Waals surface area contributed by atoms with Gasteiger partial charge in [0.1, 0.15) is 0 Å². The number of nitro groups is 1. The Bertz CT molecular complexity index is 861. The van der Waals surface area contributed by atoms with Gasteiger partial charge in [0.2, 0.25) is 0 Å². The number of nitrogens with one attached hydrogen (secondary N) is 1. The SMILES string of the molecule is O=C(NCCSC1CCCCC1)/C(=C/c1cccc([N+](=O)[O-])c1)c1ccccc1. The highest BCUT2D eigenvalue weighted by Crippen LogP contribution is 2.28. The molecule has 0 radical (unpaired) electrons. The molecule has 0 bridgehead atoms. The molecule has 3 rings (SSSR count). The second-order valence-corrected chi connectivity index (χ2v) is 8.57. The van der Waals surface area contributed by atoms with Crippen LogP contribution in [0.1, 0.15) is 43.2 Å². The van der Waals surface area contributed by atoms with E-state index in [1.807, 2.05) is 42.1 Å². The summed E-state index contributed by atoms with van der Waals surface area (Å²) < 4.78 is 0. The maximum absolute atomic E-state index is 12.9. The van der Waals surface area contributed by atoms with Gasteiger partial charge in [-0.05, 0) is 30.0 Å². The molecule has 1 saturated carbocycles. The quantitative estimate of drug-likeness (QED) is 0.210. The van der Waals surface area contributed by atoms with Gasteiger partial charge in [0.05, 0.1) is 4.92 Å². The second-order valence-electron chi connectivity index (χ2n) is 7.16. The summed E-state index contributed by atoms with van der Waals surface area (Å²) in [5.41, 5.74) is 1.94. The maximum Gasteiger partial charge on any atom is 0.270 e. The van der Waals surface area contributed by atoms with Gasteiger partial charge in [-0.3, -0.25) is 14.9 Å². The van der Waals surface area contributed by atoms with Crippen LogP contribution in [-0.4, -0.2) is 28.4 Å². The number of hydrogen-bond donors (Lipinski definition) is 1. The Labute approximate surface area is 175 Å². The monoisotopic (exact) mass is 410 g/mol. The van der Waals surface area contributed by atoms with E-state index in [-0.39, 0.29) is 11.6 Å². The summed E-state index contributed by atoms with van der Waals surface area (Å²) in [4.78, 5) is 23.5. The van der Waals surface area contributed by atoms with Crippen molar-refractivity contribution >= 4 is 35.0 Å². The van der Waals surface area contributed by atoms with Crippen molar-refractivity contribution < 1.29 is 9.72 Å². The number of thioether (sulfide) groups is 1. The number of nitrogens with zero attached hydrogens (tertiary/aromatic N) is 1. The molecule has 6 heteroatoms. The molecule has 1 amide bonds. The van der Waals surface area contributed by atoms with Crippen LogP contribution in [0.25, 0.3) is 11.6 Å².